The van der Waals surface area contributed by atoms with Gasteiger partial charge in [0.05, 0.1) is 11.1 Å². The topological polar surface area (TPSA) is 23.5 Å². The summed E-state index contributed by atoms with van der Waals surface area (Å²) < 4.78 is 1.25. The van der Waals surface area contributed by atoms with Crippen LogP contribution in [0.2, 0.25) is 5.02 Å². The first-order valence-corrected chi connectivity index (χ1v) is 7.50. The fourth-order valence-electron chi connectivity index (χ4n) is 2.54. The van der Waals surface area contributed by atoms with Gasteiger partial charge in [-0.25, -0.2) is 0 Å². The number of likely N-dealkylation sites (tertiary alicyclic amines) is 1. The minimum absolute atomic E-state index is 0.174. The highest BCUT2D eigenvalue weighted by molar-refractivity contribution is 7.19. The molecule has 0 saturated carbocycles. The molecule has 3 rings (SSSR count). The number of halogens is 1. The minimum atomic E-state index is -0.174. The molecule has 1 N–H and O–H groups in total. The Labute approximate surface area is 116 Å². The van der Waals surface area contributed by atoms with E-state index in [0.29, 0.717) is 0 Å². The van der Waals surface area contributed by atoms with E-state index in [0.717, 1.165) is 42.9 Å². The Morgan fingerprint density at radius 1 is 1.39 bits per heavy atom. The maximum atomic E-state index is 9.70. The maximum Gasteiger partial charge on any atom is 0.0667 e. The highest BCUT2D eigenvalue weighted by Gasteiger charge is 2.20. The average molecular weight is 282 g/mol. The lowest BCUT2D eigenvalue weighted by atomic mass is 10.1. The monoisotopic (exact) mass is 281 g/mol. The van der Waals surface area contributed by atoms with E-state index in [4.69, 9.17) is 11.6 Å². The summed E-state index contributed by atoms with van der Waals surface area (Å²) in [6.07, 6.45) is 1.83. The Hall–Kier alpha value is -0.610. The highest BCUT2D eigenvalue weighted by atomic mass is 35.5. The van der Waals surface area contributed by atoms with E-state index in [1.165, 1.54) is 9.58 Å². The Morgan fingerprint density at radius 3 is 3.00 bits per heavy atom. The van der Waals surface area contributed by atoms with Crippen molar-refractivity contribution in [2.45, 2.75) is 25.5 Å². The quantitative estimate of drug-likeness (QED) is 0.911. The molecule has 1 aliphatic rings. The molecule has 1 aromatic heterocycles. The van der Waals surface area contributed by atoms with Gasteiger partial charge in [-0.3, -0.25) is 4.90 Å². The molecule has 0 spiro atoms. The van der Waals surface area contributed by atoms with E-state index < -0.39 is 0 Å². The fourth-order valence-corrected chi connectivity index (χ4v) is 4.08. The summed E-state index contributed by atoms with van der Waals surface area (Å²) in [7, 11) is 0. The molecule has 1 saturated heterocycles. The van der Waals surface area contributed by atoms with Gasteiger partial charge < -0.3 is 5.11 Å². The fraction of sp³-hybridized carbons (Fsp3) is 0.429. The molecule has 18 heavy (non-hydrogen) atoms. The second kappa shape index (κ2) is 5.17. The van der Waals surface area contributed by atoms with Crippen LogP contribution in [0.15, 0.2) is 24.3 Å². The first-order chi connectivity index (χ1) is 8.74. The van der Waals surface area contributed by atoms with Gasteiger partial charge in [0.2, 0.25) is 0 Å². The van der Waals surface area contributed by atoms with E-state index in [2.05, 4.69) is 17.0 Å². The van der Waals surface area contributed by atoms with Crippen LogP contribution >= 0.6 is 22.9 Å². The number of β-amino-alcohol motifs (C(OH)–C–C–N with tert-alkyl or cyclic N) is 1. The van der Waals surface area contributed by atoms with Crippen molar-refractivity contribution in [1.82, 2.24) is 4.90 Å². The van der Waals surface area contributed by atoms with Crippen LogP contribution in [0, 0.1) is 0 Å². The van der Waals surface area contributed by atoms with Crippen molar-refractivity contribution in [2.24, 2.45) is 0 Å². The van der Waals surface area contributed by atoms with Crippen LogP contribution in [0.5, 0.6) is 0 Å². The number of piperidine rings is 1. The van der Waals surface area contributed by atoms with Crippen LogP contribution in [-0.2, 0) is 6.54 Å². The maximum absolute atomic E-state index is 9.70. The van der Waals surface area contributed by atoms with Gasteiger partial charge in [0.15, 0.2) is 0 Å². The van der Waals surface area contributed by atoms with Gasteiger partial charge in [-0.1, -0.05) is 29.8 Å². The third-order valence-electron chi connectivity index (χ3n) is 3.45. The smallest absolute Gasteiger partial charge is 0.0667 e. The number of hydrogen-bond donors (Lipinski definition) is 1. The number of benzene rings is 1. The van der Waals surface area contributed by atoms with Gasteiger partial charge >= 0.3 is 0 Å². The highest BCUT2D eigenvalue weighted by Crippen LogP contribution is 2.36. The number of nitrogens with zero attached hydrogens (tertiary/aromatic N) is 1. The summed E-state index contributed by atoms with van der Waals surface area (Å²) in [5, 5.41) is 11.7. The van der Waals surface area contributed by atoms with E-state index in [1.54, 1.807) is 11.3 Å². The standard InChI is InChI=1S/C14H16ClNOS/c15-14-11-5-1-2-6-12(11)18-13(14)9-16-7-3-4-10(17)8-16/h1-2,5-6,10,17H,3-4,7-9H2/t10-/m0/s1. The van der Waals surface area contributed by atoms with Crippen LogP contribution in [0.3, 0.4) is 0 Å². The number of fused-ring (bicyclic) bond motifs is 1. The summed E-state index contributed by atoms with van der Waals surface area (Å²) in [6.45, 7) is 2.68. The first kappa shape index (κ1) is 12.4. The summed E-state index contributed by atoms with van der Waals surface area (Å²) >= 11 is 8.20. The molecule has 1 atom stereocenters. The molecule has 0 amide bonds. The lowest BCUT2D eigenvalue weighted by Gasteiger charge is -2.29. The van der Waals surface area contributed by atoms with Gasteiger partial charge in [0.25, 0.3) is 0 Å². The molecule has 1 fully saturated rings. The number of thiophene rings is 1. The normalized spacial score (nSPS) is 21.6. The van der Waals surface area contributed by atoms with E-state index in [9.17, 15) is 5.11 Å². The zero-order valence-electron chi connectivity index (χ0n) is 10.1. The molecule has 0 radical (unpaired) electrons. The summed E-state index contributed by atoms with van der Waals surface area (Å²) in [6, 6.07) is 8.25. The van der Waals surface area contributed by atoms with Crippen molar-refractivity contribution >= 4 is 33.0 Å². The SMILES string of the molecule is O[C@H]1CCCN(Cc2sc3ccccc3c2Cl)C1. The molecule has 0 aliphatic carbocycles. The molecule has 0 unspecified atom stereocenters. The summed E-state index contributed by atoms with van der Waals surface area (Å²) in [5.41, 5.74) is 0. The lowest BCUT2D eigenvalue weighted by Crippen LogP contribution is -2.37. The van der Waals surface area contributed by atoms with Gasteiger partial charge in [-0.15, -0.1) is 11.3 Å². The van der Waals surface area contributed by atoms with Crippen molar-refractivity contribution in [3.8, 4) is 0 Å². The number of aliphatic hydroxyl groups is 1. The molecular formula is C14H16ClNOS. The molecule has 2 nitrogen and oxygen atoms in total. The summed E-state index contributed by atoms with van der Waals surface area (Å²) in [4.78, 5) is 3.51. The number of rotatable bonds is 2. The molecule has 2 aromatic rings. The summed E-state index contributed by atoms with van der Waals surface area (Å²) in [5.74, 6) is 0. The van der Waals surface area contributed by atoms with Crippen LogP contribution < -0.4 is 0 Å². The Balaban J connectivity index is 1.84. The molecule has 1 aliphatic heterocycles. The van der Waals surface area contributed by atoms with Crippen LogP contribution in [0.1, 0.15) is 17.7 Å². The minimum Gasteiger partial charge on any atom is -0.392 e. The van der Waals surface area contributed by atoms with Crippen LogP contribution in [0.25, 0.3) is 10.1 Å². The van der Waals surface area contributed by atoms with E-state index in [1.807, 2.05) is 12.1 Å². The molecule has 96 valence electrons. The van der Waals surface area contributed by atoms with Crippen molar-refractivity contribution in [2.75, 3.05) is 13.1 Å². The van der Waals surface area contributed by atoms with Crippen molar-refractivity contribution in [3.63, 3.8) is 0 Å². The average Bonchev–Trinajstić information content (AvgIpc) is 2.67. The molecule has 2 heterocycles. The van der Waals surface area contributed by atoms with Crippen molar-refractivity contribution in [3.05, 3.63) is 34.2 Å². The Kier molecular flexibility index (Phi) is 3.57. The van der Waals surface area contributed by atoms with Gasteiger partial charge in [0.1, 0.15) is 0 Å². The third-order valence-corrected chi connectivity index (χ3v) is 5.15. The van der Waals surface area contributed by atoms with Crippen LogP contribution in [-0.4, -0.2) is 29.2 Å². The molecule has 1 aromatic carbocycles. The predicted octanol–water partition coefficient (Wildman–Crippen LogP) is 3.51. The van der Waals surface area contributed by atoms with Crippen molar-refractivity contribution in [1.29, 1.82) is 0 Å². The predicted molar refractivity (Wildman–Crippen MR) is 77.4 cm³/mol. The Bertz CT molecular complexity index is 554. The second-order valence-electron chi connectivity index (χ2n) is 4.87. The Morgan fingerprint density at radius 2 is 2.22 bits per heavy atom. The number of hydrogen-bond acceptors (Lipinski definition) is 3. The van der Waals surface area contributed by atoms with E-state index in [-0.39, 0.29) is 6.10 Å². The molecule has 0 bridgehead atoms. The first-order valence-electron chi connectivity index (χ1n) is 6.30. The molecular weight excluding hydrogens is 266 g/mol. The number of aliphatic hydroxyl groups excluding tert-OH is 1. The zero-order chi connectivity index (χ0) is 12.5. The lowest BCUT2D eigenvalue weighted by molar-refractivity contribution is 0.0674. The van der Waals surface area contributed by atoms with Gasteiger partial charge in [-0.05, 0) is 25.5 Å². The van der Waals surface area contributed by atoms with Gasteiger partial charge in [-0.2, -0.15) is 0 Å². The van der Waals surface area contributed by atoms with Gasteiger partial charge in [0, 0.05) is 28.1 Å². The third kappa shape index (κ3) is 2.41. The molecule has 4 heteroatoms. The van der Waals surface area contributed by atoms with E-state index >= 15 is 0 Å². The zero-order valence-corrected chi connectivity index (χ0v) is 11.7. The second-order valence-corrected chi connectivity index (χ2v) is 6.38. The van der Waals surface area contributed by atoms with Crippen LogP contribution in [0.4, 0.5) is 0 Å². The van der Waals surface area contributed by atoms with Crippen molar-refractivity contribution < 1.29 is 5.11 Å². The largest absolute Gasteiger partial charge is 0.392 e.